The maximum absolute atomic E-state index is 14.0. The highest BCUT2D eigenvalue weighted by atomic mass is 32.2. The molecule has 28 heavy (non-hydrogen) atoms. The predicted molar refractivity (Wildman–Crippen MR) is 104 cm³/mol. The van der Waals surface area contributed by atoms with E-state index in [-0.39, 0.29) is 17.4 Å². The summed E-state index contributed by atoms with van der Waals surface area (Å²) >= 11 is 1.19. The molecular weight excluding hydrogens is 379 g/mol. The van der Waals surface area contributed by atoms with Gasteiger partial charge in [-0.05, 0) is 30.7 Å². The third-order valence-corrected chi connectivity index (χ3v) is 5.46. The van der Waals surface area contributed by atoms with Crippen molar-refractivity contribution >= 4 is 29.1 Å². The number of amides is 1. The third-order valence-electron chi connectivity index (χ3n) is 4.51. The van der Waals surface area contributed by atoms with Crippen LogP contribution in [0, 0.1) is 5.82 Å². The summed E-state index contributed by atoms with van der Waals surface area (Å²) in [7, 11) is 0. The zero-order valence-corrected chi connectivity index (χ0v) is 15.7. The number of anilines is 1. The topological polar surface area (TPSA) is 68.1 Å². The van der Waals surface area contributed by atoms with E-state index in [0.717, 1.165) is 12.1 Å². The Morgan fingerprint density at radius 2 is 2.04 bits per heavy atom. The Balaban J connectivity index is 1.48. The summed E-state index contributed by atoms with van der Waals surface area (Å²) in [6.45, 7) is 0.678. The molecule has 142 valence electrons. The van der Waals surface area contributed by atoms with Gasteiger partial charge in [0.1, 0.15) is 12.1 Å². The van der Waals surface area contributed by atoms with Crippen LogP contribution in [0.4, 0.5) is 10.1 Å². The van der Waals surface area contributed by atoms with Gasteiger partial charge in [-0.15, -0.1) is 10.2 Å². The Morgan fingerprint density at radius 3 is 2.82 bits per heavy atom. The first-order valence-electron chi connectivity index (χ1n) is 8.85. The molecule has 0 saturated carbocycles. The predicted octanol–water partition coefficient (Wildman–Crippen LogP) is 3.51. The molecule has 1 fully saturated rings. The van der Waals surface area contributed by atoms with Crippen LogP contribution in [0.2, 0.25) is 0 Å². The number of carbonyl (C=O) groups is 2. The first-order chi connectivity index (χ1) is 13.6. The monoisotopic (exact) mass is 396 g/mol. The Kier molecular flexibility index (Phi) is 5.21. The van der Waals surface area contributed by atoms with Crippen molar-refractivity contribution in [2.75, 3.05) is 17.2 Å². The van der Waals surface area contributed by atoms with E-state index in [1.165, 1.54) is 28.7 Å². The van der Waals surface area contributed by atoms with Crippen LogP contribution in [0.15, 0.2) is 60.0 Å². The number of benzene rings is 2. The molecule has 8 heteroatoms. The quantitative estimate of drug-likeness (QED) is 0.471. The summed E-state index contributed by atoms with van der Waals surface area (Å²) in [4.78, 5) is 26.3. The minimum Gasteiger partial charge on any atom is -0.312 e. The van der Waals surface area contributed by atoms with Gasteiger partial charge in [0.2, 0.25) is 5.91 Å². The summed E-state index contributed by atoms with van der Waals surface area (Å²) in [5.41, 5.74) is 1.60. The molecule has 0 bridgehead atoms. The molecule has 1 saturated heterocycles. The zero-order valence-electron chi connectivity index (χ0n) is 14.9. The minimum atomic E-state index is -0.390. The number of carbonyl (C=O) groups excluding carboxylic acids is 2. The van der Waals surface area contributed by atoms with E-state index in [1.54, 1.807) is 41.3 Å². The number of rotatable bonds is 6. The molecule has 1 aliphatic rings. The SMILES string of the molecule is O=C(CSc1nncn1-c1ccccc1F)c1cccc(N2CCCC2=O)c1. The van der Waals surface area contributed by atoms with Crippen molar-refractivity contribution in [2.45, 2.75) is 18.0 Å². The number of thioether (sulfide) groups is 1. The van der Waals surface area contributed by atoms with E-state index in [4.69, 9.17) is 0 Å². The standard InChI is InChI=1S/C20H17FN4O2S/c21-16-7-1-2-8-17(16)25-13-22-23-20(25)28-12-18(26)14-5-3-6-15(11-14)24-10-4-9-19(24)27/h1-3,5-8,11,13H,4,9-10,12H2. The maximum atomic E-state index is 14.0. The van der Waals surface area contributed by atoms with Gasteiger partial charge in [-0.25, -0.2) is 4.39 Å². The molecule has 1 aromatic heterocycles. The van der Waals surface area contributed by atoms with Crippen LogP contribution in [0.25, 0.3) is 5.69 Å². The van der Waals surface area contributed by atoms with Crippen LogP contribution in [0.5, 0.6) is 0 Å². The molecule has 1 amide bonds. The van der Waals surface area contributed by atoms with E-state index in [1.807, 2.05) is 6.07 Å². The molecule has 4 rings (SSSR count). The fraction of sp³-hybridized carbons (Fsp3) is 0.200. The maximum Gasteiger partial charge on any atom is 0.227 e. The lowest BCUT2D eigenvalue weighted by Gasteiger charge is -2.16. The van der Waals surface area contributed by atoms with E-state index < -0.39 is 5.82 Å². The summed E-state index contributed by atoms with van der Waals surface area (Å²) < 4.78 is 15.6. The number of aromatic nitrogens is 3. The van der Waals surface area contributed by atoms with Crippen LogP contribution in [-0.4, -0.2) is 38.8 Å². The molecule has 3 aromatic rings. The number of ketones is 1. The molecule has 2 heterocycles. The Morgan fingerprint density at radius 1 is 1.18 bits per heavy atom. The van der Waals surface area contributed by atoms with E-state index in [2.05, 4.69) is 10.2 Å². The second-order valence-electron chi connectivity index (χ2n) is 6.35. The molecular formula is C20H17FN4O2S. The van der Waals surface area contributed by atoms with Crippen molar-refractivity contribution in [3.8, 4) is 5.69 Å². The number of hydrogen-bond donors (Lipinski definition) is 0. The van der Waals surface area contributed by atoms with Crippen molar-refractivity contribution in [3.63, 3.8) is 0 Å². The molecule has 6 nitrogen and oxygen atoms in total. The molecule has 0 atom stereocenters. The molecule has 0 unspecified atom stereocenters. The number of hydrogen-bond acceptors (Lipinski definition) is 5. The largest absolute Gasteiger partial charge is 0.312 e. The van der Waals surface area contributed by atoms with Gasteiger partial charge in [0.25, 0.3) is 0 Å². The average Bonchev–Trinajstić information content (AvgIpc) is 3.35. The van der Waals surface area contributed by atoms with E-state index >= 15 is 0 Å². The van der Waals surface area contributed by atoms with Crippen LogP contribution < -0.4 is 4.90 Å². The van der Waals surface area contributed by atoms with Gasteiger partial charge >= 0.3 is 0 Å². The highest BCUT2D eigenvalue weighted by molar-refractivity contribution is 7.99. The van der Waals surface area contributed by atoms with Crippen molar-refractivity contribution in [3.05, 3.63) is 66.2 Å². The third kappa shape index (κ3) is 3.68. The first kappa shape index (κ1) is 18.4. The number of para-hydroxylation sites is 1. The van der Waals surface area contributed by atoms with E-state index in [9.17, 15) is 14.0 Å². The Labute approximate surface area is 165 Å². The molecule has 0 spiro atoms. The van der Waals surface area contributed by atoms with Gasteiger partial charge in [0.15, 0.2) is 10.9 Å². The summed E-state index contributed by atoms with van der Waals surface area (Å²) in [5.74, 6) is -0.276. The van der Waals surface area contributed by atoms with Crippen molar-refractivity contribution in [2.24, 2.45) is 0 Å². The van der Waals surface area contributed by atoms with E-state index in [0.29, 0.717) is 29.4 Å². The highest BCUT2D eigenvalue weighted by Crippen LogP contribution is 2.25. The molecule has 0 N–H and O–H groups in total. The molecule has 0 aliphatic carbocycles. The summed E-state index contributed by atoms with van der Waals surface area (Å²) in [6, 6.07) is 13.4. The summed E-state index contributed by atoms with van der Waals surface area (Å²) in [5, 5.41) is 8.26. The van der Waals surface area contributed by atoms with Crippen molar-refractivity contribution in [1.29, 1.82) is 0 Å². The zero-order chi connectivity index (χ0) is 19.5. The van der Waals surface area contributed by atoms with Gasteiger partial charge in [0.05, 0.1) is 11.4 Å². The van der Waals surface area contributed by atoms with Crippen molar-refractivity contribution in [1.82, 2.24) is 14.8 Å². The fourth-order valence-electron chi connectivity index (χ4n) is 3.12. The normalized spacial score (nSPS) is 13.9. The second kappa shape index (κ2) is 7.93. The van der Waals surface area contributed by atoms with Gasteiger partial charge in [-0.2, -0.15) is 0 Å². The van der Waals surface area contributed by atoms with Crippen molar-refractivity contribution < 1.29 is 14.0 Å². The molecule has 2 aromatic carbocycles. The molecule has 0 radical (unpaired) electrons. The summed E-state index contributed by atoms with van der Waals surface area (Å²) in [6.07, 6.45) is 2.79. The van der Waals surface area contributed by atoms with Gasteiger partial charge in [0, 0.05) is 24.2 Å². The van der Waals surface area contributed by atoms with Crippen LogP contribution >= 0.6 is 11.8 Å². The lowest BCUT2D eigenvalue weighted by molar-refractivity contribution is -0.117. The first-order valence-corrected chi connectivity index (χ1v) is 9.83. The van der Waals surface area contributed by atoms with Crippen LogP contribution in [0.1, 0.15) is 23.2 Å². The fourth-order valence-corrected chi connectivity index (χ4v) is 3.93. The second-order valence-corrected chi connectivity index (χ2v) is 7.29. The van der Waals surface area contributed by atoms with Crippen LogP contribution in [0.3, 0.4) is 0 Å². The number of Topliss-reactive ketones (excluding diaryl/α,β-unsaturated/α-hetero) is 1. The Hall–Kier alpha value is -3.00. The van der Waals surface area contributed by atoms with Gasteiger partial charge < -0.3 is 4.90 Å². The molecule has 1 aliphatic heterocycles. The smallest absolute Gasteiger partial charge is 0.227 e. The average molecular weight is 396 g/mol. The van der Waals surface area contributed by atoms with Crippen LogP contribution in [-0.2, 0) is 4.79 Å². The van der Waals surface area contributed by atoms with Gasteiger partial charge in [-0.1, -0.05) is 36.0 Å². The Bertz CT molecular complexity index is 1040. The lowest BCUT2D eigenvalue weighted by atomic mass is 10.1. The minimum absolute atomic E-state index is 0.0805. The highest BCUT2D eigenvalue weighted by Gasteiger charge is 2.22. The number of nitrogens with zero attached hydrogens (tertiary/aromatic N) is 4. The lowest BCUT2D eigenvalue weighted by Crippen LogP contribution is -2.23. The number of halogens is 1. The van der Waals surface area contributed by atoms with Gasteiger partial charge in [-0.3, -0.25) is 14.2 Å².